The standard InChI is InChI=1S/C12H9BrN2/c13-11-6-4-10(5-7-11)9-15-12-3-1-2-8-14-12/h1-9H. The lowest BCUT2D eigenvalue weighted by Gasteiger charge is -1.93. The second-order valence-electron chi connectivity index (χ2n) is 3.00. The van der Waals surface area contributed by atoms with Crippen LogP contribution in [0, 0.1) is 0 Å². The Labute approximate surface area is 96.8 Å². The molecule has 0 unspecified atom stereocenters. The average molecular weight is 261 g/mol. The minimum atomic E-state index is 0.723. The zero-order valence-electron chi connectivity index (χ0n) is 7.97. The number of hydrogen-bond acceptors (Lipinski definition) is 2. The van der Waals surface area contributed by atoms with Crippen LogP contribution in [0.25, 0.3) is 0 Å². The summed E-state index contributed by atoms with van der Waals surface area (Å²) in [5, 5.41) is 0. The number of rotatable bonds is 2. The Bertz CT molecular complexity index is 449. The molecule has 1 heterocycles. The van der Waals surface area contributed by atoms with Gasteiger partial charge in [0, 0.05) is 16.9 Å². The predicted octanol–water partition coefficient (Wildman–Crippen LogP) is 3.59. The van der Waals surface area contributed by atoms with Gasteiger partial charge in [0.2, 0.25) is 0 Å². The molecule has 0 fully saturated rings. The molecule has 0 aliphatic heterocycles. The second kappa shape index (κ2) is 4.84. The van der Waals surface area contributed by atoms with Crippen LogP contribution in [0.2, 0.25) is 0 Å². The summed E-state index contributed by atoms with van der Waals surface area (Å²) in [6, 6.07) is 13.6. The monoisotopic (exact) mass is 260 g/mol. The Kier molecular flexibility index (Phi) is 3.25. The summed E-state index contributed by atoms with van der Waals surface area (Å²) in [6.07, 6.45) is 3.53. The third-order valence-corrected chi connectivity index (χ3v) is 2.39. The molecular weight excluding hydrogens is 252 g/mol. The molecule has 15 heavy (non-hydrogen) atoms. The van der Waals surface area contributed by atoms with Crippen molar-refractivity contribution in [3.05, 3.63) is 58.7 Å². The van der Waals surface area contributed by atoms with Crippen molar-refractivity contribution in [3.63, 3.8) is 0 Å². The number of aromatic nitrogens is 1. The number of nitrogens with zero attached hydrogens (tertiary/aromatic N) is 2. The van der Waals surface area contributed by atoms with E-state index in [0.29, 0.717) is 0 Å². The van der Waals surface area contributed by atoms with E-state index in [9.17, 15) is 0 Å². The van der Waals surface area contributed by atoms with Gasteiger partial charge in [0.25, 0.3) is 0 Å². The quantitative estimate of drug-likeness (QED) is 0.758. The van der Waals surface area contributed by atoms with Crippen LogP contribution in [-0.4, -0.2) is 11.2 Å². The number of benzene rings is 1. The lowest BCUT2D eigenvalue weighted by molar-refractivity contribution is 1.28. The second-order valence-corrected chi connectivity index (χ2v) is 3.91. The van der Waals surface area contributed by atoms with Gasteiger partial charge in [-0.25, -0.2) is 9.98 Å². The third kappa shape index (κ3) is 2.99. The molecule has 0 saturated carbocycles. The zero-order chi connectivity index (χ0) is 10.5. The van der Waals surface area contributed by atoms with Gasteiger partial charge in [-0.3, -0.25) is 0 Å². The molecule has 0 saturated heterocycles. The zero-order valence-corrected chi connectivity index (χ0v) is 9.55. The fourth-order valence-electron chi connectivity index (χ4n) is 1.12. The van der Waals surface area contributed by atoms with Gasteiger partial charge < -0.3 is 0 Å². The van der Waals surface area contributed by atoms with E-state index in [1.807, 2.05) is 42.5 Å². The highest BCUT2D eigenvalue weighted by Gasteiger charge is 1.89. The van der Waals surface area contributed by atoms with Crippen molar-refractivity contribution in [3.8, 4) is 0 Å². The normalized spacial score (nSPS) is 10.7. The molecule has 0 amide bonds. The van der Waals surface area contributed by atoms with Crippen molar-refractivity contribution >= 4 is 28.0 Å². The van der Waals surface area contributed by atoms with Crippen molar-refractivity contribution in [1.82, 2.24) is 4.98 Å². The molecule has 0 atom stereocenters. The SMILES string of the molecule is Brc1ccc(C=Nc2ccccn2)cc1. The van der Waals surface area contributed by atoms with E-state index in [-0.39, 0.29) is 0 Å². The van der Waals surface area contributed by atoms with Gasteiger partial charge in [0.15, 0.2) is 5.82 Å². The molecule has 0 N–H and O–H groups in total. The van der Waals surface area contributed by atoms with Crippen molar-refractivity contribution in [2.75, 3.05) is 0 Å². The van der Waals surface area contributed by atoms with Crippen LogP contribution in [-0.2, 0) is 0 Å². The molecule has 2 nitrogen and oxygen atoms in total. The maximum atomic E-state index is 4.25. The molecule has 0 radical (unpaired) electrons. The maximum Gasteiger partial charge on any atom is 0.151 e. The summed E-state index contributed by atoms with van der Waals surface area (Å²) < 4.78 is 1.07. The first kappa shape index (κ1) is 10.1. The Morgan fingerprint density at radius 3 is 2.53 bits per heavy atom. The molecule has 0 bridgehead atoms. The molecule has 74 valence electrons. The van der Waals surface area contributed by atoms with Crippen LogP contribution in [0.3, 0.4) is 0 Å². The van der Waals surface area contributed by atoms with Gasteiger partial charge in [0.1, 0.15) is 0 Å². The molecule has 1 aromatic heterocycles. The van der Waals surface area contributed by atoms with Crippen molar-refractivity contribution < 1.29 is 0 Å². The molecule has 0 spiro atoms. The summed E-state index contributed by atoms with van der Waals surface area (Å²) in [6.45, 7) is 0. The summed E-state index contributed by atoms with van der Waals surface area (Å²) in [4.78, 5) is 8.36. The summed E-state index contributed by atoms with van der Waals surface area (Å²) in [5.74, 6) is 0.723. The van der Waals surface area contributed by atoms with Gasteiger partial charge in [-0.2, -0.15) is 0 Å². The Balaban J connectivity index is 2.15. The first-order chi connectivity index (χ1) is 7.34. The smallest absolute Gasteiger partial charge is 0.151 e. The molecule has 2 rings (SSSR count). The fourth-order valence-corrected chi connectivity index (χ4v) is 1.38. The van der Waals surface area contributed by atoms with Gasteiger partial charge in [0.05, 0.1) is 0 Å². The summed E-state index contributed by atoms with van der Waals surface area (Å²) in [7, 11) is 0. The van der Waals surface area contributed by atoms with Crippen LogP contribution in [0.1, 0.15) is 5.56 Å². The first-order valence-electron chi connectivity index (χ1n) is 4.55. The van der Waals surface area contributed by atoms with Gasteiger partial charge in [-0.05, 0) is 29.8 Å². The molecule has 1 aromatic carbocycles. The minimum absolute atomic E-state index is 0.723. The van der Waals surface area contributed by atoms with E-state index in [2.05, 4.69) is 25.9 Å². The van der Waals surface area contributed by atoms with Gasteiger partial charge in [-0.15, -0.1) is 0 Å². The fraction of sp³-hybridized carbons (Fsp3) is 0. The van der Waals surface area contributed by atoms with Crippen molar-refractivity contribution in [1.29, 1.82) is 0 Å². The molecule has 0 aliphatic carbocycles. The number of pyridine rings is 1. The summed E-state index contributed by atoms with van der Waals surface area (Å²) in [5.41, 5.74) is 1.06. The maximum absolute atomic E-state index is 4.25. The number of hydrogen-bond donors (Lipinski definition) is 0. The highest BCUT2D eigenvalue weighted by molar-refractivity contribution is 9.10. The number of halogens is 1. The van der Waals surface area contributed by atoms with E-state index in [0.717, 1.165) is 15.9 Å². The Morgan fingerprint density at radius 2 is 1.87 bits per heavy atom. The van der Waals surface area contributed by atoms with E-state index in [1.165, 1.54) is 0 Å². The van der Waals surface area contributed by atoms with Crippen molar-refractivity contribution in [2.45, 2.75) is 0 Å². The van der Waals surface area contributed by atoms with E-state index < -0.39 is 0 Å². The van der Waals surface area contributed by atoms with E-state index >= 15 is 0 Å². The first-order valence-corrected chi connectivity index (χ1v) is 5.34. The lowest BCUT2D eigenvalue weighted by atomic mass is 10.2. The molecular formula is C12H9BrN2. The van der Waals surface area contributed by atoms with Crippen LogP contribution in [0.4, 0.5) is 5.82 Å². The highest BCUT2D eigenvalue weighted by atomic mass is 79.9. The van der Waals surface area contributed by atoms with Crippen LogP contribution >= 0.6 is 15.9 Å². The lowest BCUT2D eigenvalue weighted by Crippen LogP contribution is -1.79. The van der Waals surface area contributed by atoms with Crippen molar-refractivity contribution in [2.24, 2.45) is 4.99 Å². The van der Waals surface area contributed by atoms with Crippen LogP contribution < -0.4 is 0 Å². The molecule has 0 aliphatic rings. The van der Waals surface area contributed by atoms with Gasteiger partial charge in [-0.1, -0.05) is 34.1 Å². The summed E-state index contributed by atoms with van der Waals surface area (Å²) >= 11 is 3.38. The molecule has 2 aromatic rings. The minimum Gasteiger partial charge on any atom is -0.237 e. The molecule has 3 heteroatoms. The van der Waals surface area contributed by atoms with Gasteiger partial charge >= 0.3 is 0 Å². The predicted molar refractivity (Wildman–Crippen MR) is 65.6 cm³/mol. The topological polar surface area (TPSA) is 25.2 Å². The van der Waals surface area contributed by atoms with E-state index in [4.69, 9.17) is 0 Å². The largest absolute Gasteiger partial charge is 0.237 e. The Morgan fingerprint density at radius 1 is 1.07 bits per heavy atom. The van der Waals surface area contributed by atoms with Crippen LogP contribution in [0.5, 0.6) is 0 Å². The third-order valence-electron chi connectivity index (χ3n) is 1.87. The van der Waals surface area contributed by atoms with Crippen LogP contribution in [0.15, 0.2) is 58.1 Å². The average Bonchev–Trinajstić information content (AvgIpc) is 2.30. The van der Waals surface area contributed by atoms with E-state index in [1.54, 1.807) is 12.4 Å². The highest BCUT2D eigenvalue weighted by Crippen LogP contribution is 2.10. The number of aliphatic imine (C=N–C) groups is 1. The Hall–Kier alpha value is -1.48.